The summed E-state index contributed by atoms with van der Waals surface area (Å²) in [5.41, 5.74) is 7.55. The number of pyridine rings is 1. The SMILES string of the molecule is CN(C)CC(C)(C)CNc1cncc(N)c1. The third kappa shape index (κ3) is 4.49. The number of nitrogen functional groups attached to an aromatic ring is 1. The van der Waals surface area contributed by atoms with Gasteiger partial charge in [0.1, 0.15) is 0 Å². The molecule has 1 aromatic rings. The van der Waals surface area contributed by atoms with Gasteiger partial charge >= 0.3 is 0 Å². The molecule has 0 atom stereocenters. The molecule has 0 radical (unpaired) electrons. The van der Waals surface area contributed by atoms with Crippen molar-refractivity contribution in [2.24, 2.45) is 5.41 Å². The second-order valence-electron chi connectivity index (χ2n) is 5.26. The molecule has 0 saturated heterocycles. The van der Waals surface area contributed by atoms with Gasteiger partial charge in [-0.3, -0.25) is 4.98 Å². The molecular formula is C12H22N4. The maximum atomic E-state index is 5.67. The van der Waals surface area contributed by atoms with Crippen LogP contribution < -0.4 is 11.1 Å². The Labute approximate surface area is 97.9 Å². The van der Waals surface area contributed by atoms with Crippen molar-refractivity contribution in [2.75, 3.05) is 38.2 Å². The van der Waals surface area contributed by atoms with Crippen LogP contribution >= 0.6 is 0 Å². The van der Waals surface area contributed by atoms with Crippen LogP contribution in [0, 0.1) is 5.41 Å². The fourth-order valence-electron chi connectivity index (χ4n) is 1.81. The van der Waals surface area contributed by atoms with E-state index in [-0.39, 0.29) is 5.41 Å². The van der Waals surface area contributed by atoms with Gasteiger partial charge in [0, 0.05) is 19.3 Å². The molecule has 0 saturated carbocycles. The van der Waals surface area contributed by atoms with E-state index in [9.17, 15) is 0 Å². The molecule has 0 bridgehead atoms. The number of hydrogen-bond donors (Lipinski definition) is 2. The highest BCUT2D eigenvalue weighted by Crippen LogP contribution is 2.18. The number of hydrogen-bond acceptors (Lipinski definition) is 4. The highest BCUT2D eigenvalue weighted by atomic mass is 15.1. The number of nitrogens with one attached hydrogen (secondary N) is 1. The Morgan fingerprint density at radius 1 is 1.38 bits per heavy atom. The van der Waals surface area contributed by atoms with Crippen LogP contribution in [0.1, 0.15) is 13.8 Å². The Bertz CT molecular complexity index is 334. The molecular weight excluding hydrogens is 200 g/mol. The quantitative estimate of drug-likeness (QED) is 0.795. The first-order chi connectivity index (χ1) is 7.39. The topological polar surface area (TPSA) is 54.2 Å². The molecule has 1 heterocycles. The Morgan fingerprint density at radius 2 is 2.06 bits per heavy atom. The molecule has 0 aliphatic rings. The predicted octanol–water partition coefficient (Wildman–Crippen LogP) is 1.66. The molecule has 3 N–H and O–H groups in total. The molecule has 90 valence electrons. The maximum Gasteiger partial charge on any atom is 0.0547 e. The summed E-state index contributed by atoms with van der Waals surface area (Å²) in [6.07, 6.45) is 3.44. The van der Waals surface area contributed by atoms with E-state index < -0.39 is 0 Å². The summed E-state index contributed by atoms with van der Waals surface area (Å²) in [7, 11) is 4.17. The lowest BCUT2D eigenvalue weighted by Crippen LogP contribution is -2.34. The van der Waals surface area contributed by atoms with Gasteiger partial charge in [-0.25, -0.2) is 0 Å². The van der Waals surface area contributed by atoms with Crippen LogP contribution in [-0.2, 0) is 0 Å². The Kier molecular flexibility index (Phi) is 4.12. The predicted molar refractivity (Wildman–Crippen MR) is 69.5 cm³/mol. The van der Waals surface area contributed by atoms with Crippen molar-refractivity contribution in [2.45, 2.75) is 13.8 Å². The number of aromatic nitrogens is 1. The molecule has 0 aliphatic heterocycles. The number of anilines is 2. The fourth-order valence-corrected chi connectivity index (χ4v) is 1.81. The van der Waals surface area contributed by atoms with E-state index in [0.29, 0.717) is 5.69 Å². The normalized spacial score (nSPS) is 11.8. The van der Waals surface area contributed by atoms with Gasteiger partial charge in [0.2, 0.25) is 0 Å². The van der Waals surface area contributed by atoms with Gasteiger partial charge in [-0.2, -0.15) is 0 Å². The monoisotopic (exact) mass is 222 g/mol. The minimum absolute atomic E-state index is 0.216. The van der Waals surface area contributed by atoms with Gasteiger partial charge in [-0.15, -0.1) is 0 Å². The number of nitrogens with zero attached hydrogens (tertiary/aromatic N) is 2. The lowest BCUT2D eigenvalue weighted by atomic mass is 9.93. The van der Waals surface area contributed by atoms with E-state index in [2.05, 4.69) is 43.1 Å². The van der Waals surface area contributed by atoms with Crippen molar-refractivity contribution in [1.82, 2.24) is 9.88 Å². The molecule has 0 aromatic carbocycles. The van der Waals surface area contributed by atoms with E-state index in [0.717, 1.165) is 18.8 Å². The zero-order valence-corrected chi connectivity index (χ0v) is 10.6. The molecule has 4 heteroatoms. The molecule has 16 heavy (non-hydrogen) atoms. The summed E-state index contributed by atoms with van der Waals surface area (Å²) in [6.45, 7) is 6.41. The molecule has 0 amide bonds. The fraction of sp³-hybridized carbons (Fsp3) is 0.583. The number of nitrogens with two attached hydrogens (primary N) is 1. The summed E-state index contributed by atoms with van der Waals surface area (Å²) >= 11 is 0. The van der Waals surface area contributed by atoms with Crippen molar-refractivity contribution >= 4 is 11.4 Å². The van der Waals surface area contributed by atoms with Crippen LogP contribution in [0.5, 0.6) is 0 Å². The highest BCUT2D eigenvalue weighted by molar-refractivity contribution is 5.51. The van der Waals surface area contributed by atoms with Crippen molar-refractivity contribution in [3.63, 3.8) is 0 Å². The van der Waals surface area contributed by atoms with Crippen LogP contribution in [0.25, 0.3) is 0 Å². The average molecular weight is 222 g/mol. The minimum Gasteiger partial charge on any atom is -0.397 e. The second-order valence-corrected chi connectivity index (χ2v) is 5.26. The van der Waals surface area contributed by atoms with Crippen LogP contribution in [0.2, 0.25) is 0 Å². The van der Waals surface area contributed by atoms with E-state index in [4.69, 9.17) is 5.73 Å². The van der Waals surface area contributed by atoms with E-state index in [1.807, 2.05) is 6.07 Å². The van der Waals surface area contributed by atoms with Crippen molar-refractivity contribution in [3.05, 3.63) is 18.5 Å². The molecule has 0 unspecified atom stereocenters. The first-order valence-electron chi connectivity index (χ1n) is 5.48. The summed E-state index contributed by atoms with van der Waals surface area (Å²) in [6, 6.07) is 1.90. The Balaban J connectivity index is 2.50. The molecule has 0 fully saturated rings. The van der Waals surface area contributed by atoms with Crippen molar-refractivity contribution in [3.8, 4) is 0 Å². The third-order valence-corrected chi connectivity index (χ3v) is 2.27. The Morgan fingerprint density at radius 3 is 2.62 bits per heavy atom. The van der Waals surface area contributed by atoms with Crippen molar-refractivity contribution < 1.29 is 0 Å². The van der Waals surface area contributed by atoms with Crippen LogP contribution in [-0.4, -0.2) is 37.1 Å². The average Bonchev–Trinajstić information content (AvgIpc) is 2.13. The zero-order valence-electron chi connectivity index (χ0n) is 10.6. The van der Waals surface area contributed by atoms with Gasteiger partial charge in [-0.1, -0.05) is 13.8 Å². The van der Waals surface area contributed by atoms with Gasteiger partial charge in [0.15, 0.2) is 0 Å². The molecule has 1 aromatic heterocycles. The summed E-state index contributed by atoms with van der Waals surface area (Å²) in [5, 5.41) is 3.36. The Hall–Kier alpha value is -1.29. The summed E-state index contributed by atoms with van der Waals surface area (Å²) < 4.78 is 0. The highest BCUT2D eigenvalue weighted by Gasteiger charge is 2.18. The third-order valence-electron chi connectivity index (χ3n) is 2.27. The zero-order chi connectivity index (χ0) is 12.2. The minimum atomic E-state index is 0.216. The van der Waals surface area contributed by atoms with Crippen LogP contribution in [0.4, 0.5) is 11.4 Å². The van der Waals surface area contributed by atoms with E-state index in [1.165, 1.54) is 0 Å². The molecule has 0 spiro atoms. The van der Waals surface area contributed by atoms with Crippen LogP contribution in [0.3, 0.4) is 0 Å². The van der Waals surface area contributed by atoms with E-state index >= 15 is 0 Å². The number of rotatable bonds is 5. The molecule has 0 aliphatic carbocycles. The lowest BCUT2D eigenvalue weighted by molar-refractivity contribution is 0.254. The van der Waals surface area contributed by atoms with Gasteiger partial charge < -0.3 is 16.0 Å². The first kappa shape index (κ1) is 12.8. The largest absolute Gasteiger partial charge is 0.397 e. The second kappa shape index (κ2) is 5.16. The van der Waals surface area contributed by atoms with Crippen molar-refractivity contribution in [1.29, 1.82) is 0 Å². The summed E-state index contributed by atoms with van der Waals surface area (Å²) in [5.74, 6) is 0. The summed E-state index contributed by atoms with van der Waals surface area (Å²) in [4.78, 5) is 6.24. The van der Waals surface area contributed by atoms with Gasteiger partial charge in [0.05, 0.1) is 17.6 Å². The standard InChI is InChI=1S/C12H22N4/c1-12(2,9-16(3)4)8-15-11-5-10(13)6-14-7-11/h5-7,15H,8-9,13H2,1-4H3. The smallest absolute Gasteiger partial charge is 0.0547 e. The first-order valence-corrected chi connectivity index (χ1v) is 5.48. The van der Waals surface area contributed by atoms with Crippen LogP contribution in [0.15, 0.2) is 18.5 Å². The van der Waals surface area contributed by atoms with Gasteiger partial charge in [-0.05, 0) is 25.6 Å². The lowest BCUT2D eigenvalue weighted by Gasteiger charge is -2.28. The molecule has 1 rings (SSSR count). The maximum absolute atomic E-state index is 5.67. The van der Waals surface area contributed by atoms with E-state index in [1.54, 1.807) is 12.4 Å². The molecule has 4 nitrogen and oxygen atoms in total. The van der Waals surface area contributed by atoms with Gasteiger partial charge in [0.25, 0.3) is 0 Å².